The van der Waals surface area contributed by atoms with Crippen molar-refractivity contribution in [1.29, 1.82) is 0 Å². The summed E-state index contributed by atoms with van der Waals surface area (Å²) in [6.07, 6.45) is 11.8. The van der Waals surface area contributed by atoms with Gasteiger partial charge in [0.25, 0.3) is 0 Å². The first kappa shape index (κ1) is 40.7. The highest BCUT2D eigenvalue weighted by atomic mass is 17.2. The number of benzene rings is 2. The summed E-state index contributed by atoms with van der Waals surface area (Å²) in [5.74, 6) is -1.39. The minimum atomic E-state index is -1.19. The summed E-state index contributed by atoms with van der Waals surface area (Å²) in [7, 11) is 0. The smallest absolute Gasteiger partial charge is 0.400 e. The number of unbranched alkanes of at least 4 members (excludes halogenated alkanes) is 12. The summed E-state index contributed by atoms with van der Waals surface area (Å²) in [6, 6.07) is 10.7. The minimum Gasteiger partial charge on any atom is -0.400 e. The van der Waals surface area contributed by atoms with Crippen LogP contribution in [-0.4, -0.2) is 30.7 Å². The average molecular weight is 671 g/mol. The van der Waals surface area contributed by atoms with Crippen molar-refractivity contribution in [3.8, 4) is 0 Å². The molecule has 2 rings (SSSR count). The molecule has 0 spiro atoms. The normalized spacial score (nSPS) is 12.3. The van der Waals surface area contributed by atoms with E-state index in [0.29, 0.717) is 36.8 Å². The number of aryl methyl sites for hydroxylation is 4. The highest BCUT2D eigenvalue weighted by molar-refractivity contribution is 5.90. The number of hydrogen-bond acceptors (Lipinski definition) is 9. The molecule has 0 radical (unpaired) electrons. The zero-order valence-corrected chi connectivity index (χ0v) is 30.1. The molecule has 2 aromatic carbocycles. The molecule has 0 heterocycles. The van der Waals surface area contributed by atoms with Gasteiger partial charge in [-0.3, -0.25) is 9.78 Å². The van der Waals surface area contributed by atoms with Crippen LogP contribution in [-0.2, 0) is 29.0 Å². The molecule has 2 unspecified atom stereocenters. The van der Waals surface area contributed by atoms with Gasteiger partial charge in [0.1, 0.15) is 0 Å². The maximum absolute atomic E-state index is 13.0. The molecule has 0 N–H and O–H groups in total. The zero-order chi connectivity index (χ0) is 35.1. The van der Waals surface area contributed by atoms with E-state index < -0.39 is 30.7 Å². The van der Waals surface area contributed by atoms with Gasteiger partial charge in [-0.25, -0.2) is 14.4 Å². The van der Waals surface area contributed by atoms with Gasteiger partial charge in [-0.05, 0) is 64.8 Å². The van der Waals surface area contributed by atoms with Crippen molar-refractivity contribution in [1.82, 2.24) is 0 Å². The van der Waals surface area contributed by atoms with Gasteiger partial charge >= 0.3 is 18.1 Å². The number of carbonyl (C=O) groups excluding carboxylic acids is 3. The van der Waals surface area contributed by atoms with Crippen LogP contribution in [0.1, 0.15) is 160 Å². The van der Waals surface area contributed by atoms with Crippen molar-refractivity contribution in [3.05, 3.63) is 69.8 Å². The lowest BCUT2D eigenvalue weighted by Gasteiger charge is -2.20. The highest BCUT2D eigenvalue weighted by Crippen LogP contribution is 2.19. The quantitative estimate of drug-likeness (QED) is 0.0354. The molecule has 0 aliphatic carbocycles. The van der Waals surface area contributed by atoms with Gasteiger partial charge in [0.2, 0.25) is 12.6 Å². The van der Waals surface area contributed by atoms with Crippen LogP contribution in [0.25, 0.3) is 0 Å². The van der Waals surface area contributed by atoms with Crippen molar-refractivity contribution in [3.63, 3.8) is 0 Å². The summed E-state index contributed by atoms with van der Waals surface area (Å²) in [6.45, 7) is 11.9. The van der Waals surface area contributed by atoms with Crippen molar-refractivity contribution in [2.24, 2.45) is 0 Å². The van der Waals surface area contributed by atoms with E-state index in [9.17, 15) is 14.4 Å². The van der Waals surface area contributed by atoms with E-state index in [-0.39, 0.29) is 0 Å². The van der Waals surface area contributed by atoms with Crippen LogP contribution in [0.5, 0.6) is 0 Å². The Morgan fingerprint density at radius 2 is 0.792 bits per heavy atom. The topological polar surface area (TPSA) is 107 Å². The summed E-state index contributed by atoms with van der Waals surface area (Å²) in [5.41, 5.74) is 4.30. The molecule has 0 aliphatic rings. The summed E-state index contributed by atoms with van der Waals surface area (Å²) < 4.78 is 10.9. The van der Waals surface area contributed by atoms with E-state index in [1.807, 2.05) is 39.8 Å². The Labute approximate surface area is 287 Å². The number of hydrogen-bond donors (Lipinski definition) is 0. The molecule has 0 aliphatic heterocycles. The lowest BCUT2D eigenvalue weighted by molar-refractivity contribution is -0.348. The van der Waals surface area contributed by atoms with Crippen LogP contribution in [0.4, 0.5) is 4.79 Å². The zero-order valence-electron chi connectivity index (χ0n) is 30.1. The van der Waals surface area contributed by atoms with Crippen LogP contribution in [0.3, 0.4) is 0 Å². The molecule has 9 nitrogen and oxygen atoms in total. The van der Waals surface area contributed by atoms with E-state index in [2.05, 4.69) is 13.8 Å². The largest absolute Gasteiger partial charge is 0.513 e. The van der Waals surface area contributed by atoms with Crippen molar-refractivity contribution in [2.75, 3.05) is 0 Å². The van der Waals surface area contributed by atoms with Gasteiger partial charge in [0.15, 0.2) is 0 Å². The monoisotopic (exact) mass is 670 g/mol. The highest BCUT2D eigenvalue weighted by Gasteiger charge is 2.25. The number of ether oxygens (including phenoxy) is 2. The fourth-order valence-corrected chi connectivity index (χ4v) is 5.51. The SMILES string of the molecule is CCCCCCCCCC(OOC(=O)c1cc(C)cc(C)c1)OC(=O)OC(CCCCCCCCC)OOC(=O)c1cc(C)cc(C)c1. The van der Waals surface area contributed by atoms with Gasteiger partial charge in [0, 0.05) is 12.8 Å². The molecule has 2 aromatic rings. The lowest BCUT2D eigenvalue weighted by atomic mass is 10.1. The van der Waals surface area contributed by atoms with Crippen LogP contribution in [0, 0.1) is 27.7 Å². The third-order valence-electron chi connectivity index (χ3n) is 7.92. The van der Waals surface area contributed by atoms with E-state index >= 15 is 0 Å². The Balaban J connectivity index is 2.03. The molecule has 0 saturated carbocycles. The maximum Gasteiger partial charge on any atom is 0.513 e. The second-order valence-electron chi connectivity index (χ2n) is 12.9. The van der Waals surface area contributed by atoms with Crippen LogP contribution >= 0.6 is 0 Å². The van der Waals surface area contributed by atoms with Crippen molar-refractivity contribution >= 4 is 18.1 Å². The predicted molar refractivity (Wildman–Crippen MR) is 185 cm³/mol. The minimum absolute atomic E-state index is 0.300. The van der Waals surface area contributed by atoms with Gasteiger partial charge in [-0.15, -0.1) is 9.78 Å². The molecule has 0 aromatic heterocycles. The Morgan fingerprint density at radius 3 is 1.12 bits per heavy atom. The van der Waals surface area contributed by atoms with Gasteiger partial charge < -0.3 is 9.47 Å². The second-order valence-corrected chi connectivity index (χ2v) is 12.9. The van der Waals surface area contributed by atoms with Crippen molar-refractivity contribution < 1.29 is 43.4 Å². The van der Waals surface area contributed by atoms with Crippen LogP contribution in [0.2, 0.25) is 0 Å². The number of rotatable bonds is 24. The van der Waals surface area contributed by atoms with E-state index in [4.69, 9.17) is 29.0 Å². The van der Waals surface area contributed by atoms with Gasteiger partial charge in [0.05, 0.1) is 11.1 Å². The Kier molecular flexibility index (Phi) is 20.2. The Morgan fingerprint density at radius 1 is 0.479 bits per heavy atom. The van der Waals surface area contributed by atoms with Gasteiger partial charge in [-0.1, -0.05) is 125 Å². The third-order valence-corrected chi connectivity index (χ3v) is 7.92. The third kappa shape index (κ3) is 17.6. The maximum atomic E-state index is 13.0. The fraction of sp³-hybridized carbons (Fsp3) is 0.615. The first-order valence-electron chi connectivity index (χ1n) is 17.9. The summed E-state index contributed by atoms with van der Waals surface area (Å²) >= 11 is 0. The molecule has 48 heavy (non-hydrogen) atoms. The predicted octanol–water partition coefficient (Wildman–Crippen LogP) is 10.9. The molecule has 0 fully saturated rings. The average Bonchev–Trinajstić information content (AvgIpc) is 3.03. The fourth-order valence-electron chi connectivity index (χ4n) is 5.51. The lowest BCUT2D eigenvalue weighted by Crippen LogP contribution is -2.28. The molecule has 0 bridgehead atoms. The van der Waals surface area contributed by atoms with E-state index in [0.717, 1.165) is 60.8 Å². The molecule has 2 atom stereocenters. The standard InChI is InChI=1S/C39H58O9/c1-7-9-11-13-15-17-19-21-35(45-47-37(40)33-25-29(3)23-30(4)26-33)43-39(42)44-36(22-20-18-16-14-12-10-8-2)46-48-38(41)34-27-31(5)24-32(6)28-34/h23-28,35-36H,7-22H2,1-6H3. The molecule has 268 valence electrons. The van der Waals surface area contributed by atoms with Crippen LogP contribution < -0.4 is 0 Å². The van der Waals surface area contributed by atoms with E-state index in [1.165, 1.54) is 38.5 Å². The molecule has 0 saturated heterocycles. The number of carbonyl (C=O) groups is 3. The molecular weight excluding hydrogens is 612 g/mol. The Bertz CT molecular complexity index is 1110. The van der Waals surface area contributed by atoms with Gasteiger partial charge in [-0.2, -0.15) is 0 Å². The molecular formula is C39H58O9. The Hall–Kier alpha value is -3.43. The van der Waals surface area contributed by atoms with E-state index in [1.54, 1.807) is 24.3 Å². The summed E-state index contributed by atoms with van der Waals surface area (Å²) in [5, 5.41) is 0. The first-order chi connectivity index (χ1) is 23.1. The van der Waals surface area contributed by atoms with Crippen LogP contribution in [0.15, 0.2) is 36.4 Å². The molecule has 0 amide bonds. The molecule has 9 heteroatoms. The second kappa shape index (κ2) is 23.8. The van der Waals surface area contributed by atoms with Crippen molar-refractivity contribution in [2.45, 2.75) is 157 Å². The first-order valence-corrected chi connectivity index (χ1v) is 17.9. The summed E-state index contributed by atoms with van der Waals surface area (Å²) in [4.78, 5) is 59.4.